The van der Waals surface area contributed by atoms with E-state index in [0.717, 1.165) is 13.0 Å². The van der Waals surface area contributed by atoms with Crippen LogP contribution in [0.15, 0.2) is 4.99 Å². The van der Waals surface area contributed by atoms with E-state index in [1.807, 2.05) is 27.7 Å². The number of amides is 4. The molecule has 0 bridgehead atoms. The van der Waals surface area contributed by atoms with Crippen LogP contribution >= 0.6 is 24.0 Å². The van der Waals surface area contributed by atoms with E-state index in [-0.39, 0.29) is 55.0 Å². The number of nitrogens with zero attached hydrogens (tertiary/aromatic N) is 3. The molecule has 0 aromatic rings. The minimum atomic E-state index is -0.530. The molecule has 0 aromatic carbocycles. The van der Waals surface area contributed by atoms with Gasteiger partial charge in [-0.3, -0.25) is 14.7 Å². The monoisotopic (exact) mass is 510 g/mol. The molecule has 2 aliphatic rings. The van der Waals surface area contributed by atoms with Crippen LogP contribution in [0.1, 0.15) is 34.1 Å². The van der Waals surface area contributed by atoms with E-state index >= 15 is 0 Å². The molecule has 2 rings (SSSR count). The Morgan fingerprint density at radius 3 is 2.64 bits per heavy atom. The molecule has 2 saturated heterocycles. The summed E-state index contributed by atoms with van der Waals surface area (Å²) in [6.45, 7) is 10.1. The van der Waals surface area contributed by atoms with Crippen LogP contribution in [0.2, 0.25) is 0 Å². The highest BCUT2D eigenvalue weighted by molar-refractivity contribution is 14.0. The van der Waals surface area contributed by atoms with Gasteiger partial charge in [-0.05, 0) is 34.1 Å². The van der Waals surface area contributed by atoms with E-state index in [1.165, 1.54) is 4.90 Å². The number of likely N-dealkylation sites (tertiary alicyclic amines) is 1. The molecule has 10 nitrogen and oxygen atoms in total. The lowest BCUT2D eigenvalue weighted by molar-refractivity contribution is -0.124. The number of guanidine groups is 1. The second-order valence-electron chi connectivity index (χ2n) is 7.52. The standard InChI is InChI=1S/C17H30N6O4.HI/c1-5-18-14(19-7-9-23-13(24)10-20-15(23)25)22-8-6-12(11-22)21-16(26)27-17(2,3)4;/h12H,5-11H2,1-4H3,(H,18,19)(H,20,25)(H,21,26);1H. The van der Waals surface area contributed by atoms with E-state index in [0.29, 0.717) is 25.6 Å². The molecule has 0 saturated carbocycles. The fourth-order valence-electron chi connectivity index (χ4n) is 2.91. The third-order valence-electron chi connectivity index (χ3n) is 4.07. The van der Waals surface area contributed by atoms with Crippen LogP contribution in [0.25, 0.3) is 0 Å². The maximum absolute atomic E-state index is 11.9. The Balaban J connectivity index is 0.00000392. The van der Waals surface area contributed by atoms with Crippen molar-refractivity contribution in [3.05, 3.63) is 0 Å². The Morgan fingerprint density at radius 1 is 1.36 bits per heavy atom. The topological polar surface area (TPSA) is 115 Å². The predicted octanol–water partition coefficient (Wildman–Crippen LogP) is 0.721. The van der Waals surface area contributed by atoms with Crippen molar-refractivity contribution in [2.24, 2.45) is 4.99 Å². The maximum Gasteiger partial charge on any atom is 0.407 e. The van der Waals surface area contributed by atoms with Crippen LogP contribution in [0.5, 0.6) is 0 Å². The molecule has 3 N–H and O–H groups in total. The summed E-state index contributed by atoms with van der Waals surface area (Å²) in [5.41, 5.74) is -0.530. The molecule has 28 heavy (non-hydrogen) atoms. The molecule has 4 amide bonds. The highest BCUT2D eigenvalue weighted by Crippen LogP contribution is 2.12. The summed E-state index contributed by atoms with van der Waals surface area (Å²) in [5, 5.41) is 8.58. The molecular formula is C17H31IN6O4. The van der Waals surface area contributed by atoms with Crippen molar-refractivity contribution in [3.63, 3.8) is 0 Å². The van der Waals surface area contributed by atoms with E-state index in [2.05, 4.69) is 25.8 Å². The first-order valence-electron chi connectivity index (χ1n) is 9.30. The number of nitrogens with one attached hydrogen (secondary N) is 3. The number of aliphatic imine (C=N–C) groups is 1. The fourth-order valence-corrected chi connectivity index (χ4v) is 2.91. The molecule has 0 aromatic heterocycles. The van der Waals surface area contributed by atoms with Crippen molar-refractivity contribution in [1.29, 1.82) is 0 Å². The van der Waals surface area contributed by atoms with E-state index in [1.54, 1.807) is 0 Å². The zero-order chi connectivity index (χ0) is 20.0. The van der Waals surface area contributed by atoms with Crippen LogP contribution in [-0.2, 0) is 9.53 Å². The normalized spacial score (nSPS) is 20.0. The van der Waals surface area contributed by atoms with Crippen molar-refractivity contribution in [2.75, 3.05) is 39.3 Å². The minimum Gasteiger partial charge on any atom is -0.444 e. The highest BCUT2D eigenvalue weighted by atomic mass is 127. The van der Waals surface area contributed by atoms with Crippen molar-refractivity contribution in [3.8, 4) is 0 Å². The first-order valence-corrected chi connectivity index (χ1v) is 9.30. The summed E-state index contributed by atoms with van der Waals surface area (Å²) in [5.74, 6) is 0.473. The lowest BCUT2D eigenvalue weighted by Gasteiger charge is -2.23. The first kappa shape index (κ1) is 24.2. The smallest absolute Gasteiger partial charge is 0.407 e. The van der Waals surface area contributed by atoms with Gasteiger partial charge in [0.25, 0.3) is 0 Å². The molecule has 0 radical (unpaired) electrons. The summed E-state index contributed by atoms with van der Waals surface area (Å²) < 4.78 is 5.30. The lowest BCUT2D eigenvalue weighted by atomic mass is 10.2. The molecule has 2 heterocycles. The lowest BCUT2D eigenvalue weighted by Crippen LogP contribution is -2.44. The summed E-state index contributed by atoms with van der Waals surface area (Å²) in [6.07, 6.45) is 0.367. The van der Waals surface area contributed by atoms with Crippen LogP contribution < -0.4 is 16.0 Å². The van der Waals surface area contributed by atoms with Crippen molar-refractivity contribution < 1.29 is 19.1 Å². The number of hydrogen-bond donors (Lipinski definition) is 3. The zero-order valence-electron chi connectivity index (χ0n) is 16.9. The quantitative estimate of drug-likeness (QED) is 0.217. The Kier molecular flexibility index (Phi) is 9.24. The number of alkyl carbamates (subject to hydrolysis) is 1. The number of halogens is 1. The average Bonchev–Trinajstić information content (AvgIpc) is 3.13. The summed E-state index contributed by atoms with van der Waals surface area (Å²) in [4.78, 5) is 42.8. The highest BCUT2D eigenvalue weighted by Gasteiger charge is 2.29. The third-order valence-corrected chi connectivity index (χ3v) is 4.07. The van der Waals surface area contributed by atoms with Crippen molar-refractivity contribution in [1.82, 2.24) is 25.8 Å². The van der Waals surface area contributed by atoms with Crippen molar-refractivity contribution in [2.45, 2.75) is 45.8 Å². The van der Waals surface area contributed by atoms with Gasteiger partial charge in [0.15, 0.2) is 5.96 Å². The van der Waals surface area contributed by atoms with E-state index < -0.39 is 11.7 Å². The van der Waals surface area contributed by atoms with Gasteiger partial charge in [0.2, 0.25) is 5.91 Å². The summed E-state index contributed by atoms with van der Waals surface area (Å²) >= 11 is 0. The van der Waals surface area contributed by atoms with Crippen LogP contribution in [0, 0.1) is 0 Å². The van der Waals surface area contributed by atoms with Gasteiger partial charge in [0, 0.05) is 19.6 Å². The second kappa shape index (κ2) is 10.7. The summed E-state index contributed by atoms with van der Waals surface area (Å²) in [6, 6.07) is -0.391. The van der Waals surface area contributed by atoms with Gasteiger partial charge in [-0.15, -0.1) is 24.0 Å². The molecule has 0 aliphatic carbocycles. The SMILES string of the molecule is CCNC(=NCCN1C(=O)CNC1=O)N1CCC(NC(=O)OC(C)(C)C)C1.I. The minimum absolute atomic E-state index is 0. The fraction of sp³-hybridized carbons (Fsp3) is 0.765. The molecule has 11 heteroatoms. The summed E-state index contributed by atoms with van der Waals surface area (Å²) in [7, 11) is 0. The number of carbonyl (C=O) groups excluding carboxylic acids is 3. The van der Waals surface area contributed by atoms with Crippen LogP contribution in [0.4, 0.5) is 9.59 Å². The molecule has 0 spiro atoms. The van der Waals surface area contributed by atoms with E-state index in [4.69, 9.17) is 4.74 Å². The number of ether oxygens (including phenoxy) is 1. The Bertz CT molecular complexity index is 591. The zero-order valence-corrected chi connectivity index (χ0v) is 19.2. The number of rotatable bonds is 5. The van der Waals surface area contributed by atoms with Gasteiger partial charge in [-0.1, -0.05) is 0 Å². The molecule has 1 unspecified atom stereocenters. The van der Waals surface area contributed by atoms with Gasteiger partial charge < -0.3 is 25.6 Å². The molecule has 2 fully saturated rings. The Labute approximate surface area is 182 Å². The number of imide groups is 1. The molecule has 2 aliphatic heterocycles. The second-order valence-corrected chi connectivity index (χ2v) is 7.52. The number of hydrogen-bond acceptors (Lipinski definition) is 5. The number of carbonyl (C=O) groups is 3. The molecular weight excluding hydrogens is 479 g/mol. The van der Waals surface area contributed by atoms with Crippen LogP contribution in [-0.4, -0.2) is 84.7 Å². The predicted molar refractivity (Wildman–Crippen MR) is 116 cm³/mol. The maximum atomic E-state index is 11.9. The average molecular weight is 510 g/mol. The largest absolute Gasteiger partial charge is 0.444 e. The van der Waals surface area contributed by atoms with Crippen molar-refractivity contribution >= 4 is 48.0 Å². The van der Waals surface area contributed by atoms with E-state index in [9.17, 15) is 14.4 Å². The Morgan fingerprint density at radius 2 is 2.07 bits per heavy atom. The Hall–Kier alpha value is -1.79. The van der Waals surface area contributed by atoms with Gasteiger partial charge in [-0.25, -0.2) is 9.59 Å². The van der Waals surface area contributed by atoms with Gasteiger partial charge in [0.1, 0.15) is 5.60 Å². The van der Waals surface area contributed by atoms with Crippen LogP contribution in [0.3, 0.4) is 0 Å². The molecule has 1 atom stereocenters. The van der Waals surface area contributed by atoms with Gasteiger partial charge in [-0.2, -0.15) is 0 Å². The molecule has 160 valence electrons. The van der Waals surface area contributed by atoms with Gasteiger partial charge in [0.05, 0.1) is 25.7 Å². The first-order chi connectivity index (χ1) is 12.7. The number of urea groups is 1. The van der Waals surface area contributed by atoms with Gasteiger partial charge >= 0.3 is 12.1 Å². The third kappa shape index (κ3) is 7.32.